The molecule has 1 saturated carbocycles. The van der Waals surface area contributed by atoms with Crippen LogP contribution in [0.4, 0.5) is 5.69 Å². The first-order chi connectivity index (χ1) is 7.25. The van der Waals surface area contributed by atoms with Gasteiger partial charge >= 0.3 is 0 Å². The molecule has 0 atom stereocenters. The van der Waals surface area contributed by atoms with Crippen molar-refractivity contribution in [1.29, 1.82) is 0 Å². The summed E-state index contributed by atoms with van der Waals surface area (Å²) in [7, 11) is 0. The first kappa shape index (κ1) is 10.1. The summed E-state index contributed by atoms with van der Waals surface area (Å²) in [6.07, 6.45) is 6.73. The van der Waals surface area contributed by atoms with Crippen LogP contribution in [0.1, 0.15) is 36.2 Å². The zero-order chi connectivity index (χ0) is 10.7. The molecule has 1 fully saturated rings. The van der Waals surface area contributed by atoms with Crippen molar-refractivity contribution < 1.29 is 4.79 Å². The topological polar surface area (TPSA) is 70.9 Å². The fraction of sp³-hybridized carbons (Fsp3) is 0.545. The van der Waals surface area contributed by atoms with Crippen LogP contribution in [0.2, 0.25) is 0 Å². The summed E-state index contributed by atoms with van der Waals surface area (Å²) in [5.41, 5.74) is 6.65. The zero-order valence-electron chi connectivity index (χ0n) is 8.75. The summed E-state index contributed by atoms with van der Waals surface area (Å²) < 4.78 is 0. The highest BCUT2D eigenvalue weighted by Crippen LogP contribution is 2.28. The van der Waals surface area contributed by atoms with Gasteiger partial charge in [-0.3, -0.25) is 4.79 Å². The van der Waals surface area contributed by atoms with E-state index in [2.05, 4.69) is 10.3 Å². The van der Waals surface area contributed by atoms with E-state index in [1.165, 1.54) is 19.3 Å². The summed E-state index contributed by atoms with van der Waals surface area (Å²) in [5.74, 6) is 0.769. The Morgan fingerprint density at radius 2 is 2.40 bits per heavy atom. The number of hydrogen-bond donors (Lipinski definition) is 3. The maximum absolute atomic E-state index is 11.5. The highest BCUT2D eigenvalue weighted by atomic mass is 16.1. The number of rotatable bonds is 4. The van der Waals surface area contributed by atoms with Crippen molar-refractivity contribution >= 4 is 11.6 Å². The smallest absolute Gasteiger partial charge is 0.267 e. The van der Waals surface area contributed by atoms with Gasteiger partial charge in [-0.2, -0.15) is 0 Å². The number of aromatic nitrogens is 1. The number of nitrogens with two attached hydrogens (primary N) is 1. The van der Waals surface area contributed by atoms with E-state index in [0.29, 0.717) is 11.4 Å². The molecule has 4 N–H and O–H groups in total. The summed E-state index contributed by atoms with van der Waals surface area (Å²) in [4.78, 5) is 14.4. The van der Waals surface area contributed by atoms with Gasteiger partial charge in [0.1, 0.15) is 5.69 Å². The second-order valence-electron chi connectivity index (χ2n) is 4.19. The monoisotopic (exact) mass is 207 g/mol. The number of hydrogen-bond acceptors (Lipinski definition) is 2. The van der Waals surface area contributed by atoms with E-state index in [4.69, 9.17) is 5.73 Å². The molecule has 1 amide bonds. The lowest BCUT2D eigenvalue weighted by molar-refractivity contribution is 0.0944. The Bertz CT molecular complexity index is 341. The average Bonchev–Trinajstić information content (AvgIpc) is 2.56. The molecule has 4 nitrogen and oxygen atoms in total. The number of H-pyrrole nitrogens is 1. The molecule has 0 aromatic carbocycles. The lowest BCUT2D eigenvalue weighted by atomic mass is 9.83. The maximum atomic E-state index is 11.5. The molecule has 1 aliphatic carbocycles. The second kappa shape index (κ2) is 4.38. The summed E-state index contributed by atoms with van der Waals surface area (Å²) in [6, 6.07) is 1.65. The van der Waals surface area contributed by atoms with E-state index in [9.17, 15) is 4.79 Å². The minimum absolute atomic E-state index is 0.0639. The Morgan fingerprint density at radius 1 is 1.60 bits per heavy atom. The largest absolute Gasteiger partial charge is 0.397 e. The number of nitrogen functional groups attached to an aromatic ring is 1. The molecule has 0 saturated heterocycles. The molecule has 1 aromatic heterocycles. The van der Waals surface area contributed by atoms with Gasteiger partial charge in [0.15, 0.2) is 0 Å². The lowest BCUT2D eigenvalue weighted by Gasteiger charge is -2.25. The van der Waals surface area contributed by atoms with E-state index in [0.717, 1.165) is 18.9 Å². The van der Waals surface area contributed by atoms with Gasteiger partial charge < -0.3 is 16.0 Å². The van der Waals surface area contributed by atoms with Crippen LogP contribution < -0.4 is 11.1 Å². The van der Waals surface area contributed by atoms with E-state index < -0.39 is 0 Å². The fourth-order valence-corrected chi connectivity index (χ4v) is 1.81. The van der Waals surface area contributed by atoms with Crippen LogP contribution >= 0.6 is 0 Å². The van der Waals surface area contributed by atoms with Crippen molar-refractivity contribution in [3.8, 4) is 0 Å². The molecule has 0 aliphatic heterocycles. The molecular weight excluding hydrogens is 190 g/mol. The predicted octanol–water partition coefficient (Wildman–Crippen LogP) is 1.52. The van der Waals surface area contributed by atoms with Gasteiger partial charge in [-0.25, -0.2) is 0 Å². The zero-order valence-corrected chi connectivity index (χ0v) is 8.75. The third kappa shape index (κ3) is 2.52. The van der Waals surface area contributed by atoms with Crippen molar-refractivity contribution in [2.75, 3.05) is 12.3 Å². The van der Waals surface area contributed by atoms with Crippen LogP contribution in [0.15, 0.2) is 12.3 Å². The van der Waals surface area contributed by atoms with Gasteiger partial charge in [-0.1, -0.05) is 19.3 Å². The Kier molecular flexibility index (Phi) is 2.94. The molecule has 15 heavy (non-hydrogen) atoms. The molecule has 82 valence electrons. The Hall–Kier alpha value is -1.45. The van der Waals surface area contributed by atoms with Crippen LogP contribution in [-0.4, -0.2) is 17.4 Å². The molecule has 0 spiro atoms. The standard InChI is InChI=1S/C11H17N3O/c12-9-6-10(14-7-9)11(15)13-5-4-8-2-1-3-8/h6-8,14H,1-5,12H2,(H,13,15). The van der Waals surface area contributed by atoms with Gasteiger partial charge in [0.25, 0.3) is 5.91 Å². The fourth-order valence-electron chi connectivity index (χ4n) is 1.81. The highest BCUT2D eigenvalue weighted by Gasteiger charge is 2.17. The maximum Gasteiger partial charge on any atom is 0.267 e. The summed E-state index contributed by atoms with van der Waals surface area (Å²) in [6.45, 7) is 0.766. The number of nitrogens with one attached hydrogen (secondary N) is 2. The van der Waals surface area contributed by atoms with Gasteiger partial charge in [0, 0.05) is 18.4 Å². The van der Waals surface area contributed by atoms with Crippen molar-refractivity contribution in [2.24, 2.45) is 5.92 Å². The molecule has 0 bridgehead atoms. The third-order valence-electron chi connectivity index (χ3n) is 3.01. The van der Waals surface area contributed by atoms with E-state index in [1.807, 2.05) is 0 Å². The van der Waals surface area contributed by atoms with Gasteiger partial charge in [0.2, 0.25) is 0 Å². The molecule has 1 aliphatic rings. The summed E-state index contributed by atoms with van der Waals surface area (Å²) in [5, 5.41) is 2.89. The molecule has 1 heterocycles. The van der Waals surface area contributed by atoms with Gasteiger partial charge in [-0.05, 0) is 18.4 Å². The first-order valence-corrected chi connectivity index (χ1v) is 5.48. The van der Waals surface area contributed by atoms with Crippen molar-refractivity contribution in [3.05, 3.63) is 18.0 Å². The van der Waals surface area contributed by atoms with Crippen molar-refractivity contribution in [3.63, 3.8) is 0 Å². The van der Waals surface area contributed by atoms with Crippen molar-refractivity contribution in [1.82, 2.24) is 10.3 Å². The first-order valence-electron chi connectivity index (χ1n) is 5.48. The Balaban J connectivity index is 1.72. The number of carbonyl (C=O) groups is 1. The second-order valence-corrected chi connectivity index (χ2v) is 4.19. The number of aromatic amines is 1. The SMILES string of the molecule is Nc1c[nH]c(C(=O)NCCC2CCC2)c1. The quantitative estimate of drug-likeness (QED) is 0.700. The highest BCUT2D eigenvalue weighted by molar-refractivity contribution is 5.93. The minimum atomic E-state index is -0.0639. The van der Waals surface area contributed by atoms with Gasteiger partial charge in [-0.15, -0.1) is 0 Å². The van der Waals surface area contributed by atoms with Crippen molar-refractivity contribution in [2.45, 2.75) is 25.7 Å². The van der Waals surface area contributed by atoms with Crippen LogP contribution in [0.5, 0.6) is 0 Å². The minimum Gasteiger partial charge on any atom is -0.397 e. The van der Waals surface area contributed by atoms with Crippen LogP contribution in [0.3, 0.4) is 0 Å². The van der Waals surface area contributed by atoms with Gasteiger partial charge in [0.05, 0.1) is 0 Å². The lowest BCUT2D eigenvalue weighted by Crippen LogP contribution is -2.27. The molecule has 1 aromatic rings. The summed E-state index contributed by atoms with van der Waals surface area (Å²) >= 11 is 0. The van der Waals surface area contributed by atoms with E-state index >= 15 is 0 Å². The predicted molar refractivity (Wildman–Crippen MR) is 59.5 cm³/mol. The Labute approximate surface area is 89.2 Å². The molecule has 2 rings (SSSR count). The third-order valence-corrected chi connectivity index (χ3v) is 3.01. The van der Waals surface area contributed by atoms with Crippen LogP contribution in [-0.2, 0) is 0 Å². The average molecular weight is 207 g/mol. The van der Waals surface area contributed by atoms with E-state index in [-0.39, 0.29) is 5.91 Å². The number of amides is 1. The molecule has 0 unspecified atom stereocenters. The molecule has 4 heteroatoms. The normalized spacial score (nSPS) is 16.0. The Morgan fingerprint density at radius 3 is 2.93 bits per heavy atom. The van der Waals surface area contributed by atoms with E-state index in [1.54, 1.807) is 12.3 Å². The number of carbonyl (C=O) groups excluding carboxylic acids is 1. The molecule has 0 radical (unpaired) electrons. The molecular formula is C11H17N3O. The van der Waals surface area contributed by atoms with Crippen LogP contribution in [0.25, 0.3) is 0 Å². The van der Waals surface area contributed by atoms with Crippen LogP contribution in [0, 0.1) is 5.92 Å². The number of anilines is 1.